The fourth-order valence-electron chi connectivity index (χ4n) is 1.63. The van der Waals surface area contributed by atoms with Crippen LogP contribution in [0.3, 0.4) is 0 Å². The molecule has 0 aliphatic rings. The van der Waals surface area contributed by atoms with Gasteiger partial charge in [0.25, 0.3) is 0 Å². The molecule has 0 unspecified atom stereocenters. The minimum absolute atomic E-state index is 0.0741. The van der Waals surface area contributed by atoms with E-state index in [9.17, 15) is 18.9 Å². The molecule has 0 aliphatic carbocycles. The third-order valence-electron chi connectivity index (χ3n) is 2.82. The van der Waals surface area contributed by atoms with Crippen LogP contribution in [0.15, 0.2) is 0 Å². The Labute approximate surface area is 161 Å². The van der Waals surface area contributed by atoms with Crippen molar-refractivity contribution in [2.75, 3.05) is 44.0 Å². The number of amides is 1. The Morgan fingerprint density at radius 1 is 1.15 bits per heavy atom. The standard InChI is InChI=1S/C14H27N2O9PS/c1-10(17)24-7-12(25-11(2)18)8-27-9-13(15)14(19)16-3-4-23-5-6-26(20,21)22/h12-13H,3-9,15H2,1-2H3,(H,16,19)(H2,20,21,22)/t12-,13+/m1/s1. The molecule has 0 saturated carbocycles. The van der Waals surface area contributed by atoms with Crippen LogP contribution in [0.1, 0.15) is 13.8 Å². The summed E-state index contributed by atoms with van der Waals surface area (Å²) in [5.74, 6) is -0.850. The molecule has 0 saturated heterocycles. The highest BCUT2D eigenvalue weighted by atomic mass is 32.2. The first-order valence-electron chi connectivity index (χ1n) is 8.05. The summed E-state index contributed by atoms with van der Waals surface area (Å²) in [5, 5.41) is 2.54. The van der Waals surface area contributed by atoms with Crippen LogP contribution in [0, 0.1) is 0 Å². The first-order chi connectivity index (χ1) is 12.5. The zero-order valence-electron chi connectivity index (χ0n) is 15.3. The number of hydrogen-bond donors (Lipinski definition) is 4. The monoisotopic (exact) mass is 430 g/mol. The molecule has 0 spiro atoms. The van der Waals surface area contributed by atoms with Crippen LogP contribution in [0.2, 0.25) is 0 Å². The zero-order valence-corrected chi connectivity index (χ0v) is 17.0. The van der Waals surface area contributed by atoms with Crippen molar-refractivity contribution in [2.45, 2.75) is 26.0 Å². The van der Waals surface area contributed by atoms with Gasteiger partial charge in [-0.05, 0) is 0 Å². The minimum atomic E-state index is -4.08. The number of nitrogens with one attached hydrogen (secondary N) is 1. The van der Waals surface area contributed by atoms with E-state index < -0.39 is 37.6 Å². The maximum absolute atomic E-state index is 11.8. The van der Waals surface area contributed by atoms with Gasteiger partial charge in [0.2, 0.25) is 5.91 Å². The van der Waals surface area contributed by atoms with E-state index in [1.54, 1.807) is 0 Å². The molecule has 0 radical (unpaired) electrons. The van der Waals surface area contributed by atoms with Crippen molar-refractivity contribution >= 4 is 37.2 Å². The summed E-state index contributed by atoms with van der Waals surface area (Å²) in [5.41, 5.74) is 5.76. The van der Waals surface area contributed by atoms with Crippen molar-refractivity contribution in [1.29, 1.82) is 0 Å². The Hall–Kier alpha value is -1.17. The van der Waals surface area contributed by atoms with E-state index in [0.29, 0.717) is 5.75 Å². The van der Waals surface area contributed by atoms with Crippen molar-refractivity contribution in [2.24, 2.45) is 5.73 Å². The molecule has 5 N–H and O–H groups in total. The first-order valence-corrected chi connectivity index (χ1v) is 11.0. The Morgan fingerprint density at radius 3 is 2.37 bits per heavy atom. The van der Waals surface area contributed by atoms with Crippen LogP contribution in [0.4, 0.5) is 0 Å². The van der Waals surface area contributed by atoms with E-state index >= 15 is 0 Å². The Morgan fingerprint density at radius 2 is 1.81 bits per heavy atom. The van der Waals surface area contributed by atoms with Crippen molar-refractivity contribution in [1.82, 2.24) is 5.32 Å². The highest BCUT2D eigenvalue weighted by molar-refractivity contribution is 7.99. The van der Waals surface area contributed by atoms with Gasteiger partial charge < -0.3 is 35.0 Å². The van der Waals surface area contributed by atoms with Gasteiger partial charge in [-0.2, -0.15) is 11.8 Å². The highest BCUT2D eigenvalue weighted by Crippen LogP contribution is 2.33. The molecule has 13 heteroatoms. The Balaban J connectivity index is 3.97. The molecule has 0 aliphatic heterocycles. The molecule has 11 nitrogen and oxygen atoms in total. The summed E-state index contributed by atoms with van der Waals surface area (Å²) in [4.78, 5) is 51.0. The normalized spacial score (nSPS) is 13.5. The zero-order chi connectivity index (χ0) is 20.9. The highest BCUT2D eigenvalue weighted by Gasteiger charge is 2.18. The number of hydrogen-bond acceptors (Lipinski definition) is 9. The molecule has 0 bridgehead atoms. The lowest BCUT2D eigenvalue weighted by molar-refractivity contribution is -0.154. The molecule has 0 aromatic rings. The lowest BCUT2D eigenvalue weighted by atomic mass is 10.3. The lowest BCUT2D eigenvalue weighted by Gasteiger charge is -2.17. The molecule has 0 fully saturated rings. The SMILES string of the molecule is CC(=O)OC[C@H](CSC[C@H](N)C(=O)NCCOCCP(=O)(O)O)OC(C)=O. The number of carbonyl (C=O) groups is 3. The summed E-state index contributed by atoms with van der Waals surface area (Å²) in [6.45, 7) is 2.56. The minimum Gasteiger partial charge on any atom is -0.462 e. The topological polar surface area (TPSA) is 174 Å². The summed E-state index contributed by atoms with van der Waals surface area (Å²) >= 11 is 1.27. The predicted molar refractivity (Wildman–Crippen MR) is 98.2 cm³/mol. The van der Waals surface area contributed by atoms with Crippen LogP contribution in [-0.4, -0.2) is 83.8 Å². The van der Waals surface area contributed by atoms with Gasteiger partial charge in [0.1, 0.15) is 12.7 Å². The summed E-state index contributed by atoms with van der Waals surface area (Å²) < 4.78 is 25.4. The summed E-state index contributed by atoms with van der Waals surface area (Å²) in [6, 6.07) is -0.809. The van der Waals surface area contributed by atoms with Crippen molar-refractivity contribution in [3.05, 3.63) is 0 Å². The number of nitrogens with two attached hydrogens (primary N) is 1. The smallest absolute Gasteiger partial charge is 0.327 e. The van der Waals surface area contributed by atoms with Gasteiger partial charge in [0.05, 0.1) is 25.4 Å². The van der Waals surface area contributed by atoms with Crippen LogP contribution >= 0.6 is 19.4 Å². The van der Waals surface area contributed by atoms with Gasteiger partial charge in [-0.25, -0.2) is 0 Å². The molecular weight excluding hydrogens is 403 g/mol. The number of thioether (sulfide) groups is 1. The van der Waals surface area contributed by atoms with Crippen LogP contribution in [0.5, 0.6) is 0 Å². The third kappa shape index (κ3) is 16.7. The van der Waals surface area contributed by atoms with Gasteiger partial charge in [-0.1, -0.05) is 0 Å². The lowest BCUT2D eigenvalue weighted by Crippen LogP contribution is -2.43. The number of esters is 2. The second kappa shape index (κ2) is 13.9. The largest absolute Gasteiger partial charge is 0.462 e. The van der Waals surface area contributed by atoms with Crippen molar-refractivity contribution in [3.63, 3.8) is 0 Å². The molecular formula is C14H27N2O9PS. The average Bonchev–Trinajstić information content (AvgIpc) is 2.53. The molecule has 0 aromatic heterocycles. The maximum atomic E-state index is 11.8. The first kappa shape index (κ1) is 25.8. The Bertz CT molecular complexity index is 529. The summed E-state index contributed by atoms with van der Waals surface area (Å²) in [6.07, 6.45) is -1.01. The summed E-state index contributed by atoms with van der Waals surface area (Å²) in [7, 11) is -4.08. The van der Waals surface area contributed by atoms with E-state index in [-0.39, 0.29) is 38.3 Å². The van der Waals surface area contributed by atoms with Crippen molar-refractivity contribution < 1.29 is 42.9 Å². The van der Waals surface area contributed by atoms with Gasteiger partial charge >= 0.3 is 19.5 Å². The van der Waals surface area contributed by atoms with Crippen LogP contribution in [0.25, 0.3) is 0 Å². The average molecular weight is 430 g/mol. The van der Waals surface area contributed by atoms with Gasteiger partial charge in [-0.15, -0.1) is 0 Å². The molecule has 2 atom stereocenters. The fraction of sp³-hybridized carbons (Fsp3) is 0.786. The quantitative estimate of drug-likeness (QED) is 0.149. The molecule has 0 heterocycles. The third-order valence-corrected chi connectivity index (χ3v) is 4.78. The van der Waals surface area contributed by atoms with Crippen LogP contribution < -0.4 is 11.1 Å². The van der Waals surface area contributed by atoms with Crippen molar-refractivity contribution in [3.8, 4) is 0 Å². The maximum Gasteiger partial charge on any atom is 0.327 e. The number of ether oxygens (including phenoxy) is 3. The molecule has 0 aromatic carbocycles. The van der Waals surface area contributed by atoms with E-state index in [4.69, 9.17) is 29.7 Å². The van der Waals surface area contributed by atoms with Gasteiger partial charge in [-0.3, -0.25) is 18.9 Å². The second-order valence-corrected chi connectivity index (χ2v) is 8.32. The molecule has 1 amide bonds. The predicted octanol–water partition coefficient (Wildman–Crippen LogP) is -1.15. The second-order valence-electron chi connectivity index (χ2n) is 5.47. The Kier molecular flexibility index (Phi) is 13.3. The van der Waals surface area contributed by atoms with E-state index in [0.717, 1.165) is 0 Å². The fourth-order valence-corrected chi connectivity index (χ4v) is 2.96. The number of carbonyl (C=O) groups excluding carboxylic acids is 3. The van der Waals surface area contributed by atoms with E-state index in [1.807, 2.05) is 0 Å². The van der Waals surface area contributed by atoms with Gasteiger partial charge in [0, 0.05) is 31.9 Å². The van der Waals surface area contributed by atoms with Gasteiger partial charge in [0.15, 0.2) is 0 Å². The van der Waals surface area contributed by atoms with Crippen LogP contribution in [-0.2, 0) is 33.2 Å². The molecule has 158 valence electrons. The number of rotatable bonds is 14. The molecule has 0 rings (SSSR count). The van der Waals surface area contributed by atoms with E-state index in [1.165, 1.54) is 25.6 Å². The van der Waals surface area contributed by atoms with E-state index in [2.05, 4.69) is 5.32 Å². The molecule has 27 heavy (non-hydrogen) atoms.